The molecule has 10 heteroatoms. The van der Waals surface area contributed by atoms with Crippen LogP contribution in [0.4, 0.5) is 0 Å². The van der Waals surface area contributed by atoms with Crippen LogP contribution in [0.1, 0.15) is 60.8 Å². The number of carbonyl (C=O) groups excluding carboxylic acids is 3. The molecule has 0 aromatic rings. The number of aliphatic carboxylic acids is 1. The van der Waals surface area contributed by atoms with E-state index in [0.29, 0.717) is 12.8 Å². The van der Waals surface area contributed by atoms with Crippen LogP contribution in [0.15, 0.2) is 0 Å². The second kappa shape index (κ2) is 14.3. The third-order valence-electron chi connectivity index (χ3n) is 5.94. The predicted molar refractivity (Wildman–Crippen MR) is 124 cm³/mol. The van der Waals surface area contributed by atoms with E-state index < -0.39 is 47.9 Å². The van der Waals surface area contributed by atoms with Gasteiger partial charge in [0.05, 0.1) is 6.04 Å². The quantitative estimate of drug-likeness (QED) is 0.212. The molecular weight excluding hydrogens is 420 g/mol. The lowest BCUT2D eigenvalue weighted by Gasteiger charge is -2.30. The highest BCUT2D eigenvalue weighted by Gasteiger charge is 2.34. The highest BCUT2D eigenvalue weighted by atomic mass is 32.1. The summed E-state index contributed by atoms with van der Waals surface area (Å²) in [5.74, 6) is -3.31. The summed E-state index contributed by atoms with van der Waals surface area (Å²) in [6.07, 6.45) is 1.93. The van der Waals surface area contributed by atoms with Crippen LogP contribution in [0.25, 0.3) is 0 Å². The number of nitrogens with two attached hydrogens (primary N) is 1. The highest BCUT2D eigenvalue weighted by molar-refractivity contribution is 7.80. The Morgan fingerprint density at radius 2 is 1.16 bits per heavy atom. The van der Waals surface area contributed by atoms with Gasteiger partial charge in [-0.05, 0) is 17.8 Å². The molecule has 9 nitrogen and oxygen atoms in total. The van der Waals surface area contributed by atoms with Crippen LogP contribution in [-0.2, 0) is 19.2 Å². The third kappa shape index (κ3) is 9.06. The Balaban J connectivity index is 5.57. The fourth-order valence-corrected chi connectivity index (χ4v) is 3.10. The van der Waals surface area contributed by atoms with Gasteiger partial charge in [-0.1, -0.05) is 60.8 Å². The molecule has 0 aromatic heterocycles. The summed E-state index contributed by atoms with van der Waals surface area (Å²) in [6.45, 7) is 11.2. The van der Waals surface area contributed by atoms with E-state index in [1.54, 1.807) is 6.92 Å². The lowest BCUT2D eigenvalue weighted by Crippen LogP contribution is -2.60. The van der Waals surface area contributed by atoms with Gasteiger partial charge in [-0.3, -0.25) is 14.4 Å². The van der Waals surface area contributed by atoms with Crippen molar-refractivity contribution < 1.29 is 24.3 Å². The largest absolute Gasteiger partial charge is 0.480 e. The summed E-state index contributed by atoms with van der Waals surface area (Å²) in [5.41, 5.74) is 6.01. The smallest absolute Gasteiger partial charge is 0.327 e. The molecule has 180 valence electrons. The molecule has 3 amide bonds. The molecule has 31 heavy (non-hydrogen) atoms. The molecule has 0 saturated heterocycles. The second-order valence-corrected chi connectivity index (χ2v) is 8.60. The highest BCUT2D eigenvalue weighted by Crippen LogP contribution is 2.14. The average molecular weight is 461 g/mol. The lowest BCUT2D eigenvalue weighted by atomic mass is 9.93. The van der Waals surface area contributed by atoms with Gasteiger partial charge < -0.3 is 26.8 Å². The first-order chi connectivity index (χ1) is 14.4. The summed E-state index contributed by atoms with van der Waals surface area (Å²) < 4.78 is 0. The monoisotopic (exact) mass is 460 g/mol. The summed E-state index contributed by atoms with van der Waals surface area (Å²) in [5, 5.41) is 17.0. The summed E-state index contributed by atoms with van der Waals surface area (Å²) in [6, 6.07) is -3.74. The van der Waals surface area contributed by atoms with Crippen LogP contribution in [0.5, 0.6) is 0 Å². The van der Waals surface area contributed by atoms with Crippen molar-refractivity contribution in [2.45, 2.75) is 85.0 Å². The van der Waals surface area contributed by atoms with Crippen molar-refractivity contribution in [3.05, 3.63) is 0 Å². The Hall–Kier alpha value is -1.81. The number of nitrogens with one attached hydrogen (secondary N) is 3. The molecule has 0 aliphatic heterocycles. The first-order valence-electron chi connectivity index (χ1n) is 10.9. The number of rotatable bonds is 14. The Labute approximate surface area is 191 Å². The molecule has 0 fully saturated rings. The molecule has 0 aromatic carbocycles. The zero-order valence-electron chi connectivity index (χ0n) is 19.5. The van der Waals surface area contributed by atoms with Gasteiger partial charge in [0.15, 0.2) is 0 Å². The molecule has 0 bridgehead atoms. The number of hydrogen-bond acceptors (Lipinski definition) is 6. The van der Waals surface area contributed by atoms with Crippen LogP contribution >= 0.6 is 12.6 Å². The Morgan fingerprint density at radius 3 is 1.52 bits per heavy atom. The first kappa shape index (κ1) is 29.2. The molecule has 6 N–H and O–H groups in total. The van der Waals surface area contributed by atoms with Gasteiger partial charge in [0.1, 0.15) is 18.1 Å². The lowest BCUT2D eigenvalue weighted by molar-refractivity contribution is -0.142. The van der Waals surface area contributed by atoms with Gasteiger partial charge in [-0.2, -0.15) is 12.6 Å². The Morgan fingerprint density at radius 1 is 0.774 bits per heavy atom. The maximum atomic E-state index is 13.1. The van der Waals surface area contributed by atoms with Crippen LogP contribution in [0.2, 0.25) is 0 Å². The Bertz CT molecular complexity index is 619. The number of carboxylic acid groups (broad SMARTS) is 1. The number of hydrogen-bond donors (Lipinski definition) is 6. The second-order valence-electron chi connectivity index (χ2n) is 8.24. The SMILES string of the molecule is CC[C@H](C)[C@H](N)C(=O)N[C@H](C(=O)N[C@H](C(=O)N[C@@H](CS)C(=O)O)[C@@H](C)CC)[C@@H](C)CC. The number of carboxylic acids is 1. The predicted octanol–water partition coefficient (Wildman–Crippen LogP) is 0.921. The molecular formula is C21H40N4O5S. The van der Waals surface area contributed by atoms with E-state index in [1.165, 1.54) is 0 Å². The Kier molecular flexibility index (Phi) is 13.5. The van der Waals surface area contributed by atoms with E-state index in [0.717, 1.165) is 6.42 Å². The topological polar surface area (TPSA) is 151 Å². The fraction of sp³-hybridized carbons (Fsp3) is 0.810. The van der Waals surface area contributed by atoms with Crippen LogP contribution in [0.3, 0.4) is 0 Å². The standard InChI is InChI=1S/C21H40N4O5S/c1-7-11(4)15(22)18(26)24-17(13(6)9-3)20(28)25-16(12(5)8-2)19(27)23-14(10-31)21(29)30/h11-17,31H,7-10,22H2,1-6H3,(H,23,27)(H,24,26)(H,25,28)(H,29,30)/t11-,12-,13-,14-,15-,16-,17-/m0/s1. The summed E-state index contributed by atoms with van der Waals surface area (Å²) in [4.78, 5) is 49.7. The van der Waals surface area contributed by atoms with Gasteiger partial charge in [0, 0.05) is 5.75 Å². The van der Waals surface area contributed by atoms with E-state index in [9.17, 15) is 24.3 Å². The zero-order chi connectivity index (χ0) is 24.3. The van der Waals surface area contributed by atoms with Crippen molar-refractivity contribution in [3.63, 3.8) is 0 Å². The van der Waals surface area contributed by atoms with E-state index in [2.05, 4.69) is 28.6 Å². The van der Waals surface area contributed by atoms with Crippen LogP contribution in [-0.4, -0.2) is 58.7 Å². The van der Waals surface area contributed by atoms with Gasteiger partial charge in [0.2, 0.25) is 17.7 Å². The van der Waals surface area contributed by atoms with Crippen molar-refractivity contribution in [2.24, 2.45) is 23.5 Å². The van der Waals surface area contributed by atoms with Crippen molar-refractivity contribution in [2.75, 3.05) is 5.75 Å². The van der Waals surface area contributed by atoms with Crippen molar-refractivity contribution in [1.82, 2.24) is 16.0 Å². The zero-order valence-corrected chi connectivity index (χ0v) is 20.4. The minimum absolute atomic E-state index is 0.0477. The van der Waals surface area contributed by atoms with Gasteiger partial charge >= 0.3 is 5.97 Å². The first-order valence-corrected chi connectivity index (χ1v) is 11.6. The maximum absolute atomic E-state index is 13.1. The minimum Gasteiger partial charge on any atom is -0.480 e. The molecule has 0 aliphatic carbocycles. The number of amides is 3. The van der Waals surface area contributed by atoms with Gasteiger partial charge in [-0.25, -0.2) is 4.79 Å². The van der Waals surface area contributed by atoms with Crippen LogP contribution in [0, 0.1) is 17.8 Å². The average Bonchev–Trinajstić information content (AvgIpc) is 2.76. The van der Waals surface area contributed by atoms with E-state index in [4.69, 9.17) is 5.73 Å². The molecule has 0 saturated carbocycles. The van der Waals surface area contributed by atoms with Gasteiger partial charge in [-0.15, -0.1) is 0 Å². The number of carbonyl (C=O) groups is 4. The summed E-state index contributed by atoms with van der Waals surface area (Å²) >= 11 is 3.95. The van der Waals surface area contributed by atoms with E-state index in [-0.39, 0.29) is 23.5 Å². The molecule has 0 rings (SSSR count). The summed E-state index contributed by atoms with van der Waals surface area (Å²) in [7, 11) is 0. The van der Waals surface area contributed by atoms with Crippen molar-refractivity contribution in [1.29, 1.82) is 0 Å². The third-order valence-corrected chi connectivity index (χ3v) is 6.31. The van der Waals surface area contributed by atoms with Crippen LogP contribution < -0.4 is 21.7 Å². The molecule has 0 radical (unpaired) electrons. The van der Waals surface area contributed by atoms with Gasteiger partial charge in [0.25, 0.3) is 0 Å². The number of thiol groups is 1. The fourth-order valence-electron chi connectivity index (χ4n) is 2.86. The van der Waals surface area contributed by atoms with Crippen molar-refractivity contribution in [3.8, 4) is 0 Å². The molecule has 0 unspecified atom stereocenters. The molecule has 0 spiro atoms. The minimum atomic E-state index is -1.21. The van der Waals surface area contributed by atoms with E-state index >= 15 is 0 Å². The molecule has 0 aliphatic rings. The normalized spacial score (nSPS) is 17.9. The maximum Gasteiger partial charge on any atom is 0.327 e. The van der Waals surface area contributed by atoms with Crippen molar-refractivity contribution >= 4 is 36.3 Å². The molecule has 0 heterocycles. The molecule has 7 atom stereocenters. The van der Waals surface area contributed by atoms with E-state index in [1.807, 2.05) is 34.6 Å².